The molecule has 0 radical (unpaired) electrons. The van der Waals surface area contributed by atoms with Crippen LogP contribution in [0.25, 0.3) is 6.08 Å². The highest BCUT2D eigenvalue weighted by molar-refractivity contribution is 8.26. The fraction of sp³-hybridized carbons (Fsp3) is 0.615. The molecule has 2 atom stereocenters. The average Bonchev–Trinajstić information content (AvgIpc) is 3.07. The molecule has 3 rings (SSSR count). The third kappa shape index (κ3) is 5.41. The molecule has 2 aliphatic rings. The van der Waals surface area contributed by atoms with Crippen molar-refractivity contribution in [2.45, 2.75) is 66.2 Å². The fourth-order valence-electron chi connectivity index (χ4n) is 4.94. The molecular weight excluding hydrogens is 464 g/mol. The second-order valence-electron chi connectivity index (χ2n) is 9.62. The van der Waals surface area contributed by atoms with Crippen LogP contribution in [0.4, 0.5) is 5.82 Å². The quantitative estimate of drug-likeness (QED) is 0.360. The van der Waals surface area contributed by atoms with Crippen molar-refractivity contribution >= 4 is 46.1 Å². The number of unbranched alkanes of at least 4 members (excludes halogenated alkanes) is 1. The normalized spacial score (nSPS) is 20.8. The van der Waals surface area contributed by atoms with Gasteiger partial charge >= 0.3 is 0 Å². The number of thioether (sulfide) groups is 1. The Morgan fingerprint density at radius 1 is 1.32 bits per heavy atom. The van der Waals surface area contributed by atoms with Gasteiger partial charge in [-0.2, -0.15) is 5.26 Å². The lowest BCUT2D eigenvalue weighted by atomic mass is 9.98. The van der Waals surface area contributed by atoms with Gasteiger partial charge in [-0.25, -0.2) is 0 Å². The molecule has 34 heavy (non-hydrogen) atoms. The van der Waals surface area contributed by atoms with Crippen molar-refractivity contribution in [3.63, 3.8) is 0 Å². The van der Waals surface area contributed by atoms with E-state index >= 15 is 0 Å². The summed E-state index contributed by atoms with van der Waals surface area (Å²) in [6.45, 7) is 10.7. The van der Waals surface area contributed by atoms with E-state index in [0.717, 1.165) is 63.0 Å². The first-order valence-electron chi connectivity index (χ1n) is 12.4. The predicted octanol–water partition coefficient (Wildman–Crippen LogP) is 5.22. The molecule has 2 aliphatic heterocycles. The first kappa shape index (κ1) is 26.5. The Morgan fingerprint density at radius 2 is 2.06 bits per heavy atom. The first-order chi connectivity index (χ1) is 16.2. The van der Waals surface area contributed by atoms with Gasteiger partial charge in [0.2, 0.25) is 0 Å². The Hall–Kier alpha value is -2.11. The zero-order chi connectivity index (χ0) is 25.0. The minimum atomic E-state index is -0.292. The molecule has 0 N–H and O–H groups in total. The molecule has 0 bridgehead atoms. The van der Waals surface area contributed by atoms with Crippen LogP contribution in [0.3, 0.4) is 0 Å². The Labute approximate surface area is 213 Å². The topological polar surface area (TPSA) is 69.3 Å². The van der Waals surface area contributed by atoms with Gasteiger partial charge in [-0.3, -0.25) is 19.1 Å². The number of nitriles is 1. The Kier molecular flexibility index (Phi) is 9.00. The minimum Gasteiger partial charge on any atom is -0.357 e. The summed E-state index contributed by atoms with van der Waals surface area (Å²) in [6.07, 6.45) is 8.45. The largest absolute Gasteiger partial charge is 0.357 e. The van der Waals surface area contributed by atoms with Crippen molar-refractivity contribution in [2.75, 3.05) is 24.5 Å². The maximum absolute atomic E-state index is 13.4. The molecule has 1 aromatic rings. The van der Waals surface area contributed by atoms with Crippen LogP contribution in [-0.2, 0) is 11.8 Å². The number of hydrogen-bond donors (Lipinski definition) is 0. The third-order valence-electron chi connectivity index (χ3n) is 7.06. The van der Waals surface area contributed by atoms with Crippen molar-refractivity contribution in [3.8, 4) is 6.07 Å². The molecule has 0 aromatic carbocycles. The number of pyridine rings is 1. The summed E-state index contributed by atoms with van der Waals surface area (Å²) in [7, 11) is 1.72. The van der Waals surface area contributed by atoms with Gasteiger partial charge in [-0.1, -0.05) is 64.0 Å². The van der Waals surface area contributed by atoms with E-state index in [1.54, 1.807) is 23.4 Å². The summed E-state index contributed by atoms with van der Waals surface area (Å²) in [6, 6.07) is 2.08. The second kappa shape index (κ2) is 11.5. The van der Waals surface area contributed by atoms with Gasteiger partial charge in [-0.15, -0.1) is 0 Å². The average molecular weight is 501 g/mol. The van der Waals surface area contributed by atoms with Gasteiger partial charge in [0, 0.05) is 32.2 Å². The lowest BCUT2D eigenvalue weighted by molar-refractivity contribution is -0.122. The standard InChI is InChI=1S/C26H36N4O2S2/c1-6-8-11-19(7-2)16-30-25(32)22(34-26(30)33)13-20-18(4)21(14-27)24(31)28(5)23(20)29-12-9-10-17(3)15-29/h13,17,19H,6-12,15-16H2,1-5H3/b22-13+. The van der Waals surface area contributed by atoms with Crippen LogP contribution >= 0.6 is 24.0 Å². The zero-order valence-corrected chi connectivity index (χ0v) is 22.7. The number of anilines is 1. The molecule has 0 spiro atoms. The molecule has 1 aromatic heterocycles. The molecular formula is C26H36N4O2S2. The van der Waals surface area contributed by atoms with Gasteiger partial charge in [0.1, 0.15) is 21.8 Å². The number of nitrogens with zero attached hydrogens (tertiary/aromatic N) is 4. The molecule has 2 saturated heterocycles. The second-order valence-corrected chi connectivity index (χ2v) is 11.3. The monoisotopic (exact) mass is 500 g/mol. The highest BCUT2D eigenvalue weighted by Crippen LogP contribution is 2.37. The molecule has 184 valence electrons. The van der Waals surface area contributed by atoms with Gasteiger partial charge < -0.3 is 4.90 Å². The molecule has 0 aliphatic carbocycles. The van der Waals surface area contributed by atoms with Crippen molar-refractivity contribution < 1.29 is 4.79 Å². The SMILES string of the molecule is CCCCC(CC)CN1C(=O)/C(=C\c2c(C)c(C#N)c(=O)n(C)c2N2CCCC(C)C2)SC1=S. The minimum absolute atomic E-state index is 0.0744. The molecule has 1 amide bonds. The number of carbonyl (C=O) groups excluding carboxylic acids is 1. The summed E-state index contributed by atoms with van der Waals surface area (Å²) in [5.74, 6) is 1.65. The van der Waals surface area contributed by atoms with Crippen LogP contribution in [0.15, 0.2) is 9.70 Å². The highest BCUT2D eigenvalue weighted by Gasteiger charge is 2.34. The highest BCUT2D eigenvalue weighted by atomic mass is 32.2. The number of hydrogen-bond acceptors (Lipinski definition) is 6. The summed E-state index contributed by atoms with van der Waals surface area (Å²) in [5.41, 5.74) is 1.23. The van der Waals surface area contributed by atoms with Gasteiger partial charge in [0.25, 0.3) is 11.5 Å². The number of thiocarbonyl (C=S) groups is 1. The van der Waals surface area contributed by atoms with Gasteiger partial charge in [-0.05, 0) is 49.7 Å². The summed E-state index contributed by atoms with van der Waals surface area (Å²) < 4.78 is 2.16. The third-order valence-corrected chi connectivity index (χ3v) is 8.44. The Balaban J connectivity index is 2.04. The van der Waals surface area contributed by atoms with E-state index < -0.39 is 0 Å². The van der Waals surface area contributed by atoms with E-state index in [0.29, 0.717) is 33.2 Å². The number of aromatic nitrogens is 1. The van der Waals surface area contributed by atoms with E-state index in [1.807, 2.05) is 6.08 Å². The first-order valence-corrected chi connectivity index (χ1v) is 13.6. The van der Waals surface area contributed by atoms with Crippen LogP contribution in [-0.4, -0.2) is 39.3 Å². The van der Waals surface area contributed by atoms with Crippen LogP contribution in [0.2, 0.25) is 0 Å². The zero-order valence-electron chi connectivity index (χ0n) is 21.0. The molecule has 6 nitrogen and oxygen atoms in total. The van der Waals surface area contributed by atoms with Crippen molar-refractivity contribution in [1.29, 1.82) is 5.26 Å². The molecule has 3 heterocycles. The van der Waals surface area contributed by atoms with E-state index in [9.17, 15) is 14.9 Å². The van der Waals surface area contributed by atoms with E-state index in [2.05, 4.69) is 31.7 Å². The van der Waals surface area contributed by atoms with Crippen LogP contribution < -0.4 is 10.5 Å². The number of rotatable bonds is 8. The molecule has 2 fully saturated rings. The lowest BCUT2D eigenvalue weighted by Gasteiger charge is -2.35. The lowest BCUT2D eigenvalue weighted by Crippen LogP contribution is -2.39. The van der Waals surface area contributed by atoms with E-state index in [1.165, 1.54) is 11.8 Å². The van der Waals surface area contributed by atoms with Crippen LogP contribution in [0.5, 0.6) is 0 Å². The fourth-order valence-corrected chi connectivity index (χ4v) is 6.20. The maximum atomic E-state index is 13.4. The number of piperidine rings is 1. The summed E-state index contributed by atoms with van der Waals surface area (Å²) in [4.78, 5) is 30.9. The number of carbonyl (C=O) groups is 1. The van der Waals surface area contributed by atoms with Crippen molar-refractivity contribution in [3.05, 3.63) is 31.9 Å². The van der Waals surface area contributed by atoms with E-state index in [-0.39, 0.29) is 17.0 Å². The van der Waals surface area contributed by atoms with Gasteiger partial charge in [0.05, 0.1) is 4.91 Å². The van der Waals surface area contributed by atoms with E-state index in [4.69, 9.17) is 12.2 Å². The molecule has 0 saturated carbocycles. The van der Waals surface area contributed by atoms with Crippen LogP contribution in [0.1, 0.15) is 76.0 Å². The molecule has 2 unspecified atom stereocenters. The Morgan fingerprint density at radius 3 is 2.68 bits per heavy atom. The smallest absolute Gasteiger partial charge is 0.270 e. The Bertz CT molecular complexity index is 1090. The number of amides is 1. The summed E-state index contributed by atoms with van der Waals surface area (Å²) >= 11 is 6.92. The van der Waals surface area contributed by atoms with Crippen LogP contribution in [0, 0.1) is 30.1 Å². The maximum Gasteiger partial charge on any atom is 0.270 e. The van der Waals surface area contributed by atoms with Crippen molar-refractivity contribution in [1.82, 2.24) is 9.47 Å². The predicted molar refractivity (Wildman–Crippen MR) is 145 cm³/mol. The summed E-state index contributed by atoms with van der Waals surface area (Å²) in [5, 5.41) is 9.69. The van der Waals surface area contributed by atoms with Gasteiger partial charge in [0.15, 0.2) is 0 Å². The van der Waals surface area contributed by atoms with Crippen molar-refractivity contribution in [2.24, 2.45) is 18.9 Å². The molecule has 8 heteroatoms.